The molecule has 0 spiro atoms. The number of hydrogen-bond donors (Lipinski definition) is 0. The zero-order valence-electron chi connectivity index (χ0n) is 11.7. The first kappa shape index (κ1) is 12.3. The SMILES string of the molecule is Cc1ccc(C2(F)CN(c3ccnc4ccnn34)C2)cc1. The summed E-state index contributed by atoms with van der Waals surface area (Å²) in [4.78, 5) is 6.21. The monoisotopic (exact) mass is 282 g/mol. The van der Waals surface area contributed by atoms with Crippen LogP contribution in [0.15, 0.2) is 48.8 Å². The second-order valence-electron chi connectivity index (χ2n) is 5.59. The number of halogens is 1. The molecule has 3 aromatic rings. The summed E-state index contributed by atoms with van der Waals surface area (Å²) in [5.74, 6) is 0.880. The van der Waals surface area contributed by atoms with E-state index in [9.17, 15) is 4.39 Å². The number of nitrogens with zero attached hydrogens (tertiary/aromatic N) is 4. The maximum Gasteiger partial charge on any atom is 0.170 e. The summed E-state index contributed by atoms with van der Waals surface area (Å²) >= 11 is 0. The van der Waals surface area contributed by atoms with Crippen LogP contribution in [0, 0.1) is 6.92 Å². The zero-order chi connectivity index (χ0) is 14.4. The molecule has 5 heteroatoms. The first-order valence-electron chi connectivity index (χ1n) is 6.95. The quantitative estimate of drug-likeness (QED) is 0.724. The molecule has 0 atom stereocenters. The number of aryl methyl sites for hydroxylation is 1. The topological polar surface area (TPSA) is 33.4 Å². The van der Waals surface area contributed by atoms with Crippen LogP contribution in [0.1, 0.15) is 11.1 Å². The van der Waals surface area contributed by atoms with Crippen molar-refractivity contribution in [2.24, 2.45) is 0 Å². The summed E-state index contributed by atoms with van der Waals surface area (Å²) in [7, 11) is 0. The molecule has 106 valence electrons. The van der Waals surface area contributed by atoms with E-state index in [1.807, 2.05) is 48.2 Å². The predicted molar refractivity (Wildman–Crippen MR) is 79.2 cm³/mol. The van der Waals surface area contributed by atoms with Gasteiger partial charge in [0.25, 0.3) is 0 Å². The van der Waals surface area contributed by atoms with Gasteiger partial charge in [0.2, 0.25) is 0 Å². The molecule has 3 heterocycles. The van der Waals surface area contributed by atoms with Crippen LogP contribution in [0.5, 0.6) is 0 Å². The van der Waals surface area contributed by atoms with Crippen LogP contribution < -0.4 is 4.90 Å². The molecule has 0 N–H and O–H groups in total. The van der Waals surface area contributed by atoms with Gasteiger partial charge in [0.1, 0.15) is 5.82 Å². The van der Waals surface area contributed by atoms with Crippen molar-refractivity contribution in [1.82, 2.24) is 14.6 Å². The molecule has 0 unspecified atom stereocenters. The lowest BCUT2D eigenvalue weighted by atomic mass is 9.87. The van der Waals surface area contributed by atoms with E-state index >= 15 is 0 Å². The van der Waals surface area contributed by atoms with Gasteiger partial charge < -0.3 is 4.90 Å². The molecule has 0 bridgehead atoms. The maximum absolute atomic E-state index is 14.9. The Hall–Kier alpha value is -2.43. The fourth-order valence-corrected chi connectivity index (χ4v) is 2.82. The fourth-order valence-electron chi connectivity index (χ4n) is 2.82. The second-order valence-corrected chi connectivity index (χ2v) is 5.59. The summed E-state index contributed by atoms with van der Waals surface area (Å²) in [6.45, 7) is 2.69. The van der Waals surface area contributed by atoms with Crippen LogP contribution in [0.2, 0.25) is 0 Å². The van der Waals surface area contributed by atoms with Crippen LogP contribution in [-0.4, -0.2) is 27.7 Å². The molecule has 0 radical (unpaired) electrons. The van der Waals surface area contributed by atoms with E-state index < -0.39 is 5.67 Å². The van der Waals surface area contributed by atoms with Gasteiger partial charge in [0.05, 0.1) is 19.3 Å². The lowest BCUT2D eigenvalue weighted by Crippen LogP contribution is -2.57. The predicted octanol–water partition coefficient (Wildman–Crippen LogP) is 2.72. The van der Waals surface area contributed by atoms with E-state index in [2.05, 4.69) is 10.1 Å². The molecular formula is C16H15FN4. The number of hydrogen-bond acceptors (Lipinski definition) is 3. The van der Waals surface area contributed by atoms with Gasteiger partial charge in [-0.05, 0) is 18.6 Å². The van der Waals surface area contributed by atoms with Crippen molar-refractivity contribution in [1.29, 1.82) is 0 Å². The molecule has 1 aromatic carbocycles. The van der Waals surface area contributed by atoms with Crippen molar-refractivity contribution < 1.29 is 4.39 Å². The number of aromatic nitrogens is 3. The van der Waals surface area contributed by atoms with Crippen LogP contribution in [0.3, 0.4) is 0 Å². The summed E-state index contributed by atoms with van der Waals surface area (Å²) in [5.41, 5.74) is 1.39. The van der Waals surface area contributed by atoms with E-state index in [0.717, 1.165) is 22.6 Å². The van der Waals surface area contributed by atoms with Gasteiger partial charge in [-0.15, -0.1) is 0 Å². The Bertz CT molecular complexity index is 787. The van der Waals surface area contributed by atoms with Gasteiger partial charge >= 0.3 is 0 Å². The molecule has 0 amide bonds. The van der Waals surface area contributed by atoms with Gasteiger partial charge in [-0.25, -0.2) is 9.37 Å². The van der Waals surface area contributed by atoms with E-state index in [0.29, 0.717) is 13.1 Å². The van der Waals surface area contributed by atoms with Crippen LogP contribution in [0.4, 0.5) is 10.2 Å². The molecule has 4 rings (SSSR count). The summed E-state index contributed by atoms with van der Waals surface area (Å²) in [6, 6.07) is 11.4. The van der Waals surface area contributed by atoms with Crippen molar-refractivity contribution >= 4 is 11.5 Å². The molecule has 21 heavy (non-hydrogen) atoms. The average Bonchev–Trinajstić information content (AvgIpc) is 2.93. The van der Waals surface area contributed by atoms with Gasteiger partial charge in [0, 0.05) is 12.3 Å². The van der Waals surface area contributed by atoms with Crippen molar-refractivity contribution in [3.63, 3.8) is 0 Å². The zero-order valence-corrected chi connectivity index (χ0v) is 11.7. The number of fused-ring (bicyclic) bond motifs is 1. The molecular weight excluding hydrogens is 267 g/mol. The number of anilines is 1. The molecule has 1 aliphatic heterocycles. The number of rotatable bonds is 2. The van der Waals surface area contributed by atoms with Gasteiger partial charge in [0.15, 0.2) is 11.3 Å². The minimum atomic E-state index is -1.28. The van der Waals surface area contributed by atoms with E-state index in [1.165, 1.54) is 0 Å². The minimum absolute atomic E-state index is 0.342. The molecule has 1 aliphatic rings. The molecule has 4 nitrogen and oxygen atoms in total. The molecule has 1 fully saturated rings. The second kappa shape index (κ2) is 4.28. The Balaban J connectivity index is 1.62. The van der Waals surface area contributed by atoms with Crippen molar-refractivity contribution in [3.8, 4) is 0 Å². The lowest BCUT2D eigenvalue weighted by Gasteiger charge is -2.45. The minimum Gasteiger partial charge on any atom is -0.349 e. The average molecular weight is 282 g/mol. The van der Waals surface area contributed by atoms with Crippen molar-refractivity contribution in [2.45, 2.75) is 12.6 Å². The Morgan fingerprint density at radius 3 is 2.57 bits per heavy atom. The smallest absolute Gasteiger partial charge is 0.170 e. The standard InChI is InChI=1S/C16H15FN4/c1-12-2-4-13(5-3-12)16(17)10-20(11-16)15-7-8-18-14-6-9-19-21(14)15/h2-9H,10-11H2,1H3. The molecule has 0 saturated carbocycles. The molecule has 2 aromatic heterocycles. The van der Waals surface area contributed by atoms with Crippen LogP contribution >= 0.6 is 0 Å². The third kappa shape index (κ3) is 1.88. The van der Waals surface area contributed by atoms with E-state index in [1.54, 1.807) is 16.9 Å². The summed E-state index contributed by atoms with van der Waals surface area (Å²) < 4.78 is 16.7. The van der Waals surface area contributed by atoms with Gasteiger partial charge in [-0.2, -0.15) is 9.61 Å². The molecule has 0 aliphatic carbocycles. The maximum atomic E-state index is 14.9. The lowest BCUT2D eigenvalue weighted by molar-refractivity contribution is 0.119. The third-order valence-corrected chi connectivity index (χ3v) is 4.05. The fraction of sp³-hybridized carbons (Fsp3) is 0.250. The highest BCUT2D eigenvalue weighted by molar-refractivity contribution is 5.52. The van der Waals surface area contributed by atoms with Crippen LogP contribution in [-0.2, 0) is 5.67 Å². The summed E-state index contributed by atoms with van der Waals surface area (Å²) in [5, 5.41) is 4.24. The largest absolute Gasteiger partial charge is 0.349 e. The highest BCUT2D eigenvalue weighted by Gasteiger charge is 2.45. The van der Waals surface area contributed by atoms with E-state index in [4.69, 9.17) is 0 Å². The van der Waals surface area contributed by atoms with Gasteiger partial charge in [-0.3, -0.25) is 0 Å². The summed E-state index contributed by atoms with van der Waals surface area (Å²) in [6.07, 6.45) is 3.44. The first-order valence-corrected chi connectivity index (χ1v) is 6.95. The first-order chi connectivity index (χ1) is 10.2. The Morgan fingerprint density at radius 2 is 1.81 bits per heavy atom. The third-order valence-electron chi connectivity index (χ3n) is 4.05. The number of benzene rings is 1. The van der Waals surface area contributed by atoms with Gasteiger partial charge in [-0.1, -0.05) is 29.8 Å². The van der Waals surface area contributed by atoms with Crippen LogP contribution in [0.25, 0.3) is 5.65 Å². The normalized spacial score (nSPS) is 17.0. The highest BCUT2D eigenvalue weighted by atomic mass is 19.1. The Labute approximate surface area is 121 Å². The van der Waals surface area contributed by atoms with E-state index in [-0.39, 0.29) is 0 Å². The highest BCUT2D eigenvalue weighted by Crippen LogP contribution is 2.38. The van der Waals surface area contributed by atoms with Crippen molar-refractivity contribution in [2.75, 3.05) is 18.0 Å². The Kier molecular flexibility index (Phi) is 2.51. The Morgan fingerprint density at radius 1 is 1.05 bits per heavy atom. The number of alkyl halides is 1. The molecule has 1 saturated heterocycles. The van der Waals surface area contributed by atoms with Crippen molar-refractivity contribution in [3.05, 3.63) is 59.9 Å².